The molecular formula is C16H21ClO12. The van der Waals surface area contributed by atoms with Gasteiger partial charge in [0.05, 0.1) is 0 Å². The monoisotopic (exact) mass is 440 g/mol. The molecule has 0 amide bonds. The second-order valence-electron chi connectivity index (χ2n) is 5.75. The van der Waals surface area contributed by atoms with Gasteiger partial charge in [-0.2, -0.15) is 4.89 Å². The van der Waals surface area contributed by atoms with Crippen LogP contribution in [0.5, 0.6) is 0 Å². The van der Waals surface area contributed by atoms with Crippen LogP contribution in [0.15, 0.2) is 0 Å². The van der Waals surface area contributed by atoms with Gasteiger partial charge in [0.2, 0.25) is 6.29 Å². The van der Waals surface area contributed by atoms with Crippen LogP contribution < -0.4 is 0 Å². The highest BCUT2D eigenvalue weighted by molar-refractivity contribution is 6.26. The van der Waals surface area contributed by atoms with E-state index in [4.69, 9.17) is 40.2 Å². The first-order chi connectivity index (χ1) is 13.5. The first-order valence-electron chi connectivity index (χ1n) is 8.27. The van der Waals surface area contributed by atoms with Gasteiger partial charge in [0, 0.05) is 27.7 Å². The number of halogens is 1. The van der Waals surface area contributed by atoms with Crippen LogP contribution in [0.25, 0.3) is 0 Å². The quantitative estimate of drug-likeness (QED) is 0.161. The van der Waals surface area contributed by atoms with Crippen molar-refractivity contribution in [3.8, 4) is 0 Å². The Bertz CT molecular complexity index is 635. The summed E-state index contributed by atoms with van der Waals surface area (Å²) in [7, 11) is 0. The van der Waals surface area contributed by atoms with Crippen LogP contribution in [-0.4, -0.2) is 73.0 Å². The van der Waals surface area contributed by atoms with E-state index in [1.54, 1.807) is 0 Å². The molecule has 1 aliphatic rings. The number of hydrogen-bond donors (Lipinski definition) is 0. The van der Waals surface area contributed by atoms with Gasteiger partial charge in [-0.25, -0.2) is 4.79 Å². The summed E-state index contributed by atoms with van der Waals surface area (Å²) in [4.78, 5) is 66.6. The Morgan fingerprint density at radius 2 is 1.34 bits per heavy atom. The molecule has 164 valence electrons. The number of ether oxygens (including phenoxy) is 5. The van der Waals surface area contributed by atoms with Gasteiger partial charge in [0.1, 0.15) is 18.6 Å². The van der Waals surface area contributed by atoms with Gasteiger partial charge in [0.15, 0.2) is 18.3 Å². The molecule has 0 N–H and O–H groups in total. The SMILES string of the molecule is CC(=O)OC[C@H]1O[C@@H](OC(C)=O)[C@H](OC(C)=O)[C@@H](OOC(=O)CCl)[C@@H]1OC(C)=O. The van der Waals surface area contributed by atoms with Crippen molar-refractivity contribution in [3.63, 3.8) is 0 Å². The highest BCUT2D eigenvalue weighted by Gasteiger charge is 2.53. The molecule has 1 rings (SSSR count). The molecule has 5 atom stereocenters. The minimum atomic E-state index is -1.55. The van der Waals surface area contributed by atoms with Crippen molar-refractivity contribution in [1.82, 2.24) is 0 Å². The van der Waals surface area contributed by atoms with Gasteiger partial charge >= 0.3 is 29.8 Å². The zero-order valence-electron chi connectivity index (χ0n) is 16.1. The number of carbonyl (C=O) groups excluding carboxylic acids is 5. The molecule has 0 aromatic heterocycles. The third-order valence-corrected chi connectivity index (χ3v) is 3.51. The number of alkyl halides is 1. The molecule has 0 saturated carbocycles. The van der Waals surface area contributed by atoms with Gasteiger partial charge in [-0.1, -0.05) is 0 Å². The summed E-state index contributed by atoms with van der Waals surface area (Å²) in [5.41, 5.74) is 0. The van der Waals surface area contributed by atoms with Crippen molar-refractivity contribution in [2.24, 2.45) is 0 Å². The maximum Gasteiger partial charge on any atom is 0.356 e. The lowest BCUT2D eigenvalue weighted by Gasteiger charge is -2.42. The Labute approximate surface area is 170 Å². The lowest BCUT2D eigenvalue weighted by molar-refractivity contribution is -0.374. The summed E-state index contributed by atoms with van der Waals surface area (Å²) in [6.07, 6.45) is -7.17. The number of carbonyl (C=O) groups is 5. The molecule has 0 aromatic carbocycles. The Hall–Kier alpha value is -2.44. The van der Waals surface area contributed by atoms with Gasteiger partial charge in [-0.3, -0.25) is 24.1 Å². The van der Waals surface area contributed by atoms with Crippen LogP contribution in [0.4, 0.5) is 0 Å². The number of esters is 4. The molecule has 0 spiro atoms. The van der Waals surface area contributed by atoms with Crippen molar-refractivity contribution < 1.29 is 57.4 Å². The van der Waals surface area contributed by atoms with E-state index in [9.17, 15) is 24.0 Å². The van der Waals surface area contributed by atoms with Crippen LogP contribution in [0.2, 0.25) is 0 Å². The molecule has 0 aliphatic carbocycles. The lowest BCUT2D eigenvalue weighted by atomic mass is 9.98. The van der Waals surface area contributed by atoms with Crippen molar-refractivity contribution in [3.05, 3.63) is 0 Å². The van der Waals surface area contributed by atoms with Gasteiger partial charge in [-0.15, -0.1) is 11.6 Å². The van der Waals surface area contributed by atoms with E-state index in [0.717, 1.165) is 27.7 Å². The molecule has 1 saturated heterocycles. The third-order valence-electron chi connectivity index (χ3n) is 3.29. The van der Waals surface area contributed by atoms with Gasteiger partial charge in [-0.05, 0) is 0 Å². The second kappa shape index (κ2) is 11.5. The van der Waals surface area contributed by atoms with Crippen molar-refractivity contribution in [2.45, 2.75) is 58.4 Å². The third kappa shape index (κ3) is 8.21. The van der Waals surface area contributed by atoms with E-state index < -0.39 is 73.0 Å². The molecule has 0 radical (unpaired) electrons. The first kappa shape index (κ1) is 24.6. The van der Waals surface area contributed by atoms with Gasteiger partial charge in [0.25, 0.3) is 0 Å². The normalized spacial score (nSPS) is 26.0. The van der Waals surface area contributed by atoms with Crippen LogP contribution in [0.3, 0.4) is 0 Å². The van der Waals surface area contributed by atoms with E-state index in [-0.39, 0.29) is 0 Å². The van der Waals surface area contributed by atoms with Crippen LogP contribution >= 0.6 is 11.6 Å². The summed E-state index contributed by atoms with van der Waals surface area (Å²) < 4.78 is 25.6. The number of hydrogen-bond acceptors (Lipinski definition) is 12. The highest BCUT2D eigenvalue weighted by Crippen LogP contribution is 2.30. The summed E-state index contributed by atoms with van der Waals surface area (Å²) in [5.74, 6) is -4.66. The smallest absolute Gasteiger partial charge is 0.356 e. The van der Waals surface area contributed by atoms with Crippen molar-refractivity contribution >= 4 is 41.4 Å². The molecule has 0 bridgehead atoms. The molecule has 1 heterocycles. The predicted molar refractivity (Wildman–Crippen MR) is 89.9 cm³/mol. The molecule has 13 heteroatoms. The maximum atomic E-state index is 11.6. The summed E-state index contributed by atoms with van der Waals surface area (Å²) in [5, 5.41) is 0. The van der Waals surface area contributed by atoms with E-state index in [2.05, 4.69) is 4.89 Å². The standard InChI is InChI=1S/C16H21ClO12/c1-7(18)23-6-11-13(24-8(2)19)14(29-28-12(22)5-17)15(25-9(3)20)16(27-11)26-10(4)21/h11,13-16H,5-6H2,1-4H3/t11-,13-,14+,15-,16-/m1/s1. The minimum absolute atomic E-state index is 0.443. The topological polar surface area (TPSA) is 150 Å². The molecular weight excluding hydrogens is 420 g/mol. The first-order valence-corrected chi connectivity index (χ1v) is 8.81. The highest BCUT2D eigenvalue weighted by atomic mass is 35.5. The second-order valence-corrected chi connectivity index (χ2v) is 6.02. The minimum Gasteiger partial charge on any atom is -0.463 e. The van der Waals surface area contributed by atoms with Crippen LogP contribution in [0, 0.1) is 0 Å². The van der Waals surface area contributed by atoms with Gasteiger partial charge < -0.3 is 23.7 Å². The molecule has 1 aliphatic heterocycles. The molecule has 0 aromatic rings. The van der Waals surface area contributed by atoms with Crippen LogP contribution in [0.1, 0.15) is 27.7 Å². The van der Waals surface area contributed by atoms with E-state index >= 15 is 0 Å². The summed E-state index contributed by atoms with van der Waals surface area (Å²) in [6, 6.07) is 0. The Morgan fingerprint density at radius 1 is 0.793 bits per heavy atom. The fourth-order valence-electron chi connectivity index (χ4n) is 2.36. The fourth-order valence-corrected chi connectivity index (χ4v) is 2.41. The number of rotatable bonds is 8. The lowest BCUT2D eigenvalue weighted by Crippen LogP contribution is -2.62. The molecule has 29 heavy (non-hydrogen) atoms. The summed E-state index contributed by atoms with van der Waals surface area (Å²) in [6.45, 7) is 3.88. The Kier molecular flexibility index (Phi) is 9.78. The average Bonchev–Trinajstić information content (AvgIpc) is 2.60. The zero-order chi connectivity index (χ0) is 22.1. The molecule has 12 nitrogen and oxygen atoms in total. The molecule has 0 unspecified atom stereocenters. The summed E-state index contributed by atoms with van der Waals surface area (Å²) >= 11 is 5.35. The van der Waals surface area contributed by atoms with Crippen molar-refractivity contribution in [1.29, 1.82) is 0 Å². The maximum absolute atomic E-state index is 11.6. The fraction of sp³-hybridized carbons (Fsp3) is 0.688. The Balaban J connectivity index is 3.28. The predicted octanol–water partition coefficient (Wildman–Crippen LogP) is -0.217. The van der Waals surface area contributed by atoms with E-state index in [1.165, 1.54) is 0 Å². The molecule has 1 fully saturated rings. The Morgan fingerprint density at radius 3 is 1.83 bits per heavy atom. The van der Waals surface area contributed by atoms with Crippen molar-refractivity contribution in [2.75, 3.05) is 12.5 Å². The van der Waals surface area contributed by atoms with E-state index in [1.807, 2.05) is 0 Å². The average molecular weight is 441 g/mol. The van der Waals surface area contributed by atoms with Crippen LogP contribution in [-0.2, 0) is 57.4 Å². The van der Waals surface area contributed by atoms with E-state index in [0.29, 0.717) is 0 Å². The zero-order valence-corrected chi connectivity index (χ0v) is 16.8. The largest absolute Gasteiger partial charge is 0.463 e.